The van der Waals surface area contributed by atoms with E-state index in [2.05, 4.69) is 21.0 Å². The van der Waals surface area contributed by atoms with Crippen molar-refractivity contribution in [2.75, 3.05) is 0 Å². The number of nitrogens with zero attached hydrogens (tertiary/aromatic N) is 2. The van der Waals surface area contributed by atoms with Crippen molar-refractivity contribution >= 4 is 15.9 Å². The molecular weight excluding hydrogens is 321 g/mol. The van der Waals surface area contributed by atoms with Gasteiger partial charge in [0.2, 0.25) is 0 Å². The lowest BCUT2D eigenvalue weighted by molar-refractivity contribution is -0.138. The number of hydrogen-bond acceptors (Lipinski definition) is 1. The lowest BCUT2D eigenvalue weighted by atomic mass is 10.1. The van der Waals surface area contributed by atoms with E-state index in [1.54, 1.807) is 10.7 Å². The first-order valence-electron chi connectivity index (χ1n) is 5.65. The molecule has 1 aromatic carbocycles. The average molecular weight is 333 g/mol. The number of rotatable bonds is 2. The zero-order chi connectivity index (χ0) is 14.2. The summed E-state index contributed by atoms with van der Waals surface area (Å²) in [6.07, 6.45) is -4.34. The second-order valence-electron chi connectivity index (χ2n) is 4.30. The molecule has 0 bridgehead atoms. The first kappa shape index (κ1) is 14.1. The minimum absolute atomic E-state index is 0.105. The van der Waals surface area contributed by atoms with Crippen molar-refractivity contribution in [2.24, 2.45) is 0 Å². The van der Waals surface area contributed by atoms with E-state index in [4.69, 9.17) is 0 Å². The maximum absolute atomic E-state index is 12.9. The van der Waals surface area contributed by atoms with Crippen LogP contribution >= 0.6 is 15.9 Å². The molecule has 0 saturated heterocycles. The van der Waals surface area contributed by atoms with Gasteiger partial charge in [-0.1, -0.05) is 18.2 Å². The first-order valence-corrected chi connectivity index (χ1v) is 6.44. The monoisotopic (exact) mass is 332 g/mol. The van der Waals surface area contributed by atoms with E-state index in [-0.39, 0.29) is 12.1 Å². The van der Waals surface area contributed by atoms with Crippen LogP contribution in [-0.2, 0) is 12.7 Å². The second-order valence-corrected chi connectivity index (χ2v) is 5.09. The zero-order valence-corrected chi connectivity index (χ0v) is 12.0. The normalized spacial score (nSPS) is 11.9. The van der Waals surface area contributed by atoms with Gasteiger partial charge in [-0.3, -0.25) is 4.68 Å². The standard InChI is InChI=1S/C13H12BrF3N2/c1-8-12(14)9(2)19(18-8)7-10-5-3-4-6-11(10)13(15,16)17/h3-6H,7H2,1-2H3. The van der Waals surface area contributed by atoms with Gasteiger partial charge in [-0.05, 0) is 41.4 Å². The van der Waals surface area contributed by atoms with Crippen LogP contribution in [-0.4, -0.2) is 9.78 Å². The van der Waals surface area contributed by atoms with Gasteiger partial charge >= 0.3 is 6.18 Å². The molecule has 0 saturated carbocycles. The Bertz CT molecular complexity index is 602. The minimum Gasteiger partial charge on any atom is -0.264 e. The molecule has 19 heavy (non-hydrogen) atoms. The molecular formula is C13H12BrF3N2. The largest absolute Gasteiger partial charge is 0.416 e. The Labute approximate surface area is 117 Å². The molecule has 0 amide bonds. The van der Waals surface area contributed by atoms with Crippen molar-refractivity contribution in [1.82, 2.24) is 9.78 Å². The van der Waals surface area contributed by atoms with Gasteiger partial charge in [-0.2, -0.15) is 18.3 Å². The topological polar surface area (TPSA) is 17.8 Å². The van der Waals surface area contributed by atoms with Crippen LogP contribution in [0.5, 0.6) is 0 Å². The molecule has 0 spiro atoms. The summed E-state index contributed by atoms with van der Waals surface area (Å²) >= 11 is 3.37. The summed E-state index contributed by atoms with van der Waals surface area (Å²) in [6, 6.07) is 5.57. The Morgan fingerprint density at radius 1 is 1.21 bits per heavy atom. The predicted molar refractivity (Wildman–Crippen MR) is 69.9 cm³/mol. The molecule has 2 rings (SSSR count). The Morgan fingerprint density at radius 2 is 1.84 bits per heavy atom. The van der Waals surface area contributed by atoms with Gasteiger partial charge in [0.05, 0.1) is 28.0 Å². The zero-order valence-electron chi connectivity index (χ0n) is 10.4. The maximum atomic E-state index is 12.9. The molecule has 0 atom stereocenters. The quantitative estimate of drug-likeness (QED) is 0.800. The Hall–Kier alpha value is -1.30. The molecule has 0 aliphatic heterocycles. The summed E-state index contributed by atoms with van der Waals surface area (Å²) in [5.74, 6) is 0. The van der Waals surface area contributed by atoms with Crippen molar-refractivity contribution in [1.29, 1.82) is 0 Å². The number of alkyl halides is 3. The number of aromatic nitrogens is 2. The number of hydrogen-bond donors (Lipinski definition) is 0. The van der Waals surface area contributed by atoms with E-state index in [1.165, 1.54) is 12.1 Å². The molecule has 1 aromatic heterocycles. The lowest BCUT2D eigenvalue weighted by Gasteiger charge is -2.13. The first-order chi connectivity index (χ1) is 8.80. The van der Waals surface area contributed by atoms with Gasteiger partial charge < -0.3 is 0 Å². The van der Waals surface area contributed by atoms with E-state index in [0.29, 0.717) is 0 Å². The summed E-state index contributed by atoms with van der Waals surface area (Å²) in [6.45, 7) is 3.73. The molecule has 0 aliphatic carbocycles. The second kappa shape index (κ2) is 5.00. The highest BCUT2D eigenvalue weighted by molar-refractivity contribution is 9.10. The van der Waals surface area contributed by atoms with Crippen LogP contribution < -0.4 is 0 Å². The summed E-state index contributed by atoms with van der Waals surface area (Å²) in [5, 5.41) is 4.23. The lowest BCUT2D eigenvalue weighted by Crippen LogP contribution is -2.13. The Morgan fingerprint density at radius 3 is 2.37 bits per heavy atom. The van der Waals surface area contributed by atoms with Crippen molar-refractivity contribution in [3.8, 4) is 0 Å². The molecule has 0 radical (unpaired) electrons. The molecule has 1 heterocycles. The van der Waals surface area contributed by atoms with Crippen LogP contribution in [0.4, 0.5) is 13.2 Å². The van der Waals surface area contributed by atoms with Gasteiger partial charge in [0.1, 0.15) is 0 Å². The molecule has 0 unspecified atom stereocenters. The third-order valence-corrected chi connectivity index (χ3v) is 4.08. The van der Waals surface area contributed by atoms with Crippen LogP contribution in [0.1, 0.15) is 22.5 Å². The minimum atomic E-state index is -4.34. The highest BCUT2D eigenvalue weighted by Crippen LogP contribution is 2.32. The van der Waals surface area contributed by atoms with Gasteiger partial charge in [-0.25, -0.2) is 0 Å². The summed E-state index contributed by atoms with van der Waals surface area (Å²) < 4.78 is 41.1. The number of aryl methyl sites for hydroxylation is 1. The van der Waals surface area contributed by atoms with Gasteiger partial charge in [0, 0.05) is 0 Å². The summed E-state index contributed by atoms with van der Waals surface area (Å²) in [4.78, 5) is 0. The van der Waals surface area contributed by atoms with Gasteiger partial charge in [0.25, 0.3) is 0 Å². The fraction of sp³-hybridized carbons (Fsp3) is 0.308. The maximum Gasteiger partial charge on any atom is 0.416 e. The predicted octanol–water partition coefficient (Wildman–Crippen LogP) is 4.33. The fourth-order valence-corrected chi connectivity index (χ4v) is 2.21. The van der Waals surface area contributed by atoms with Crippen molar-refractivity contribution < 1.29 is 13.2 Å². The van der Waals surface area contributed by atoms with Crippen molar-refractivity contribution in [3.63, 3.8) is 0 Å². The van der Waals surface area contributed by atoms with E-state index in [1.807, 2.05) is 13.8 Å². The fourth-order valence-electron chi connectivity index (χ4n) is 1.93. The average Bonchev–Trinajstić information content (AvgIpc) is 2.56. The van der Waals surface area contributed by atoms with Crippen molar-refractivity contribution in [2.45, 2.75) is 26.6 Å². The van der Waals surface area contributed by atoms with E-state index in [9.17, 15) is 13.2 Å². The Kier molecular flexibility index (Phi) is 3.71. The molecule has 2 nitrogen and oxygen atoms in total. The van der Waals surface area contributed by atoms with Crippen LogP contribution in [0.25, 0.3) is 0 Å². The molecule has 2 aromatic rings. The van der Waals surface area contributed by atoms with Crippen LogP contribution in [0.3, 0.4) is 0 Å². The third-order valence-electron chi connectivity index (χ3n) is 2.94. The highest BCUT2D eigenvalue weighted by Gasteiger charge is 2.33. The number of benzene rings is 1. The highest BCUT2D eigenvalue weighted by atomic mass is 79.9. The third kappa shape index (κ3) is 2.83. The Balaban J connectivity index is 2.42. The van der Waals surface area contributed by atoms with E-state index < -0.39 is 11.7 Å². The van der Waals surface area contributed by atoms with E-state index in [0.717, 1.165) is 21.9 Å². The van der Waals surface area contributed by atoms with E-state index >= 15 is 0 Å². The van der Waals surface area contributed by atoms with Crippen molar-refractivity contribution in [3.05, 3.63) is 51.3 Å². The molecule has 0 N–H and O–H groups in total. The smallest absolute Gasteiger partial charge is 0.264 e. The molecule has 0 fully saturated rings. The van der Waals surface area contributed by atoms with Crippen LogP contribution in [0, 0.1) is 13.8 Å². The molecule has 6 heteroatoms. The van der Waals surface area contributed by atoms with Crippen LogP contribution in [0.15, 0.2) is 28.7 Å². The molecule has 0 aliphatic rings. The van der Waals surface area contributed by atoms with Gasteiger partial charge in [-0.15, -0.1) is 0 Å². The number of halogens is 4. The summed E-state index contributed by atoms with van der Waals surface area (Å²) in [5.41, 5.74) is 1.18. The van der Waals surface area contributed by atoms with Gasteiger partial charge in [0.15, 0.2) is 0 Å². The molecule has 102 valence electrons. The van der Waals surface area contributed by atoms with Crippen LogP contribution in [0.2, 0.25) is 0 Å². The SMILES string of the molecule is Cc1nn(Cc2ccccc2C(F)(F)F)c(C)c1Br. The summed E-state index contributed by atoms with van der Waals surface area (Å²) in [7, 11) is 0.